The molecule has 6 heteroatoms. The van der Waals surface area contributed by atoms with E-state index >= 15 is 0 Å². The molecule has 3 N–H and O–H groups in total. The highest BCUT2D eigenvalue weighted by Crippen LogP contribution is 2.14. The fourth-order valence-electron chi connectivity index (χ4n) is 3.12. The summed E-state index contributed by atoms with van der Waals surface area (Å²) in [5, 5.41) is 21.5. The summed E-state index contributed by atoms with van der Waals surface area (Å²) in [5.74, 6) is -0.731. The third-order valence-electron chi connectivity index (χ3n) is 4.62. The topological polar surface area (TPSA) is 89.9 Å². The van der Waals surface area contributed by atoms with Gasteiger partial charge in [-0.1, -0.05) is 45.4 Å². The predicted molar refractivity (Wildman–Crippen MR) is 94.0 cm³/mol. The Labute approximate surface area is 145 Å². The summed E-state index contributed by atoms with van der Waals surface area (Å²) in [5.41, 5.74) is 0. The summed E-state index contributed by atoms with van der Waals surface area (Å²) in [4.78, 5) is 24.2. The van der Waals surface area contributed by atoms with E-state index < -0.39 is 5.97 Å². The number of carbonyl (C=O) groups is 2. The summed E-state index contributed by atoms with van der Waals surface area (Å²) >= 11 is 0. The Balaban J connectivity index is 2.09. The van der Waals surface area contributed by atoms with Gasteiger partial charge in [0.25, 0.3) is 0 Å². The van der Waals surface area contributed by atoms with Crippen LogP contribution in [0.4, 0.5) is 4.79 Å². The second kappa shape index (κ2) is 12.1. The van der Waals surface area contributed by atoms with Gasteiger partial charge >= 0.3 is 12.0 Å². The maximum atomic E-state index is 11.9. The average molecular weight is 342 g/mol. The van der Waals surface area contributed by atoms with E-state index in [9.17, 15) is 14.7 Å². The Hall–Kier alpha value is -1.30. The number of unbranched alkanes of at least 4 members (excludes halogenated alkanes) is 5. The minimum atomic E-state index is -0.731. The molecule has 24 heavy (non-hydrogen) atoms. The molecule has 140 valence electrons. The number of carbonyl (C=O) groups excluding carboxylic acids is 1. The van der Waals surface area contributed by atoms with E-state index in [0.29, 0.717) is 13.0 Å². The van der Waals surface area contributed by atoms with Gasteiger partial charge in [-0.2, -0.15) is 0 Å². The maximum absolute atomic E-state index is 11.9. The van der Waals surface area contributed by atoms with Crippen LogP contribution in [0.3, 0.4) is 0 Å². The van der Waals surface area contributed by atoms with Crippen LogP contribution in [0, 0.1) is 0 Å². The number of amides is 2. The summed E-state index contributed by atoms with van der Waals surface area (Å²) in [6.07, 6.45) is 9.38. The summed E-state index contributed by atoms with van der Waals surface area (Å²) in [6, 6.07) is 0.167. The Morgan fingerprint density at radius 3 is 2.67 bits per heavy atom. The summed E-state index contributed by atoms with van der Waals surface area (Å²) < 4.78 is 0. The lowest BCUT2D eigenvalue weighted by Gasteiger charge is -2.17. The minimum Gasteiger partial charge on any atom is -0.481 e. The van der Waals surface area contributed by atoms with Gasteiger partial charge in [-0.3, -0.25) is 4.79 Å². The highest BCUT2D eigenvalue weighted by molar-refractivity contribution is 5.76. The second-order valence-electron chi connectivity index (χ2n) is 6.88. The molecule has 2 unspecified atom stereocenters. The fraction of sp³-hybridized carbons (Fsp3) is 0.889. The van der Waals surface area contributed by atoms with Gasteiger partial charge < -0.3 is 20.4 Å². The third kappa shape index (κ3) is 9.11. The standard InChI is InChI=1S/C18H34N2O4/c1-2-3-6-10-16(21)12-13-20-14-15(19-18(20)24)9-7-4-5-8-11-17(22)23/h15-16,21H,2-14H2,1H3,(H,19,24)(H,22,23). The Morgan fingerprint density at radius 1 is 1.21 bits per heavy atom. The van der Waals surface area contributed by atoms with E-state index in [0.717, 1.165) is 64.3 Å². The van der Waals surface area contributed by atoms with Gasteiger partial charge in [0, 0.05) is 25.6 Å². The van der Waals surface area contributed by atoms with Gasteiger partial charge in [0.05, 0.1) is 6.10 Å². The van der Waals surface area contributed by atoms with Crippen LogP contribution in [-0.4, -0.2) is 52.3 Å². The first-order valence-electron chi connectivity index (χ1n) is 9.48. The quantitative estimate of drug-likeness (QED) is 0.423. The zero-order valence-corrected chi connectivity index (χ0v) is 15.0. The molecule has 0 aromatic carbocycles. The Morgan fingerprint density at radius 2 is 1.96 bits per heavy atom. The van der Waals surface area contributed by atoms with Crippen molar-refractivity contribution in [3.8, 4) is 0 Å². The number of urea groups is 1. The summed E-state index contributed by atoms with van der Waals surface area (Å²) in [7, 11) is 0. The number of carboxylic acids is 1. The van der Waals surface area contributed by atoms with Crippen molar-refractivity contribution in [1.29, 1.82) is 0 Å². The first-order valence-corrected chi connectivity index (χ1v) is 9.48. The lowest BCUT2D eigenvalue weighted by Crippen LogP contribution is -2.31. The van der Waals surface area contributed by atoms with Crippen molar-refractivity contribution in [1.82, 2.24) is 10.2 Å². The molecule has 0 aromatic rings. The molecule has 1 aliphatic rings. The number of hydrogen-bond donors (Lipinski definition) is 3. The van der Waals surface area contributed by atoms with Crippen LogP contribution in [-0.2, 0) is 4.79 Å². The van der Waals surface area contributed by atoms with Crippen molar-refractivity contribution < 1.29 is 19.8 Å². The van der Waals surface area contributed by atoms with E-state index in [2.05, 4.69) is 12.2 Å². The van der Waals surface area contributed by atoms with E-state index in [1.165, 1.54) is 0 Å². The van der Waals surface area contributed by atoms with Crippen molar-refractivity contribution in [3.63, 3.8) is 0 Å². The number of aliphatic hydroxyl groups excluding tert-OH is 1. The molecule has 1 aliphatic heterocycles. The number of aliphatic carboxylic acids is 1. The first-order chi connectivity index (χ1) is 11.5. The third-order valence-corrected chi connectivity index (χ3v) is 4.62. The largest absolute Gasteiger partial charge is 0.481 e. The van der Waals surface area contributed by atoms with E-state index in [1.54, 1.807) is 4.90 Å². The molecule has 0 saturated carbocycles. The van der Waals surface area contributed by atoms with Gasteiger partial charge in [-0.05, 0) is 25.7 Å². The highest BCUT2D eigenvalue weighted by Gasteiger charge is 2.28. The van der Waals surface area contributed by atoms with Gasteiger partial charge in [0.1, 0.15) is 0 Å². The molecule has 0 aliphatic carbocycles. The SMILES string of the molecule is CCCCCC(O)CCN1CC(CCCCCCC(=O)O)NC1=O. The lowest BCUT2D eigenvalue weighted by atomic mass is 10.1. The van der Waals surface area contributed by atoms with Crippen LogP contribution in [0.25, 0.3) is 0 Å². The van der Waals surface area contributed by atoms with Crippen LogP contribution >= 0.6 is 0 Å². The molecule has 0 radical (unpaired) electrons. The van der Waals surface area contributed by atoms with Gasteiger partial charge in [-0.15, -0.1) is 0 Å². The first kappa shape index (κ1) is 20.7. The molecule has 2 amide bonds. The van der Waals surface area contributed by atoms with Gasteiger partial charge in [0.15, 0.2) is 0 Å². The molecule has 0 bridgehead atoms. The van der Waals surface area contributed by atoms with Crippen molar-refractivity contribution in [2.75, 3.05) is 13.1 Å². The molecule has 0 spiro atoms. The highest BCUT2D eigenvalue weighted by atomic mass is 16.4. The number of nitrogens with zero attached hydrogens (tertiary/aromatic N) is 1. The molecule has 6 nitrogen and oxygen atoms in total. The monoisotopic (exact) mass is 342 g/mol. The smallest absolute Gasteiger partial charge is 0.317 e. The molecule has 0 aromatic heterocycles. The predicted octanol–water partition coefficient (Wildman–Crippen LogP) is 3.14. The average Bonchev–Trinajstić information content (AvgIpc) is 2.88. The van der Waals surface area contributed by atoms with E-state index in [-0.39, 0.29) is 24.6 Å². The van der Waals surface area contributed by atoms with Crippen molar-refractivity contribution in [3.05, 3.63) is 0 Å². The Kier molecular flexibility index (Phi) is 10.5. The van der Waals surface area contributed by atoms with Crippen LogP contribution in [0.1, 0.15) is 77.6 Å². The van der Waals surface area contributed by atoms with Crippen LogP contribution in [0.5, 0.6) is 0 Å². The second-order valence-corrected chi connectivity index (χ2v) is 6.88. The summed E-state index contributed by atoms with van der Waals surface area (Å²) in [6.45, 7) is 3.48. The number of rotatable bonds is 14. The van der Waals surface area contributed by atoms with Gasteiger partial charge in [0.2, 0.25) is 0 Å². The van der Waals surface area contributed by atoms with Crippen molar-refractivity contribution in [2.24, 2.45) is 0 Å². The van der Waals surface area contributed by atoms with Gasteiger partial charge in [-0.25, -0.2) is 4.79 Å². The van der Waals surface area contributed by atoms with Crippen LogP contribution in [0.15, 0.2) is 0 Å². The molecule has 1 fully saturated rings. The zero-order chi connectivity index (χ0) is 17.8. The van der Waals surface area contributed by atoms with E-state index in [1.807, 2.05) is 0 Å². The normalized spacial score (nSPS) is 18.7. The Bertz CT molecular complexity index is 376. The number of hydrogen-bond acceptors (Lipinski definition) is 3. The molecule has 2 atom stereocenters. The number of aliphatic hydroxyl groups is 1. The van der Waals surface area contributed by atoms with Crippen LogP contribution in [0.2, 0.25) is 0 Å². The maximum Gasteiger partial charge on any atom is 0.317 e. The zero-order valence-electron chi connectivity index (χ0n) is 15.0. The van der Waals surface area contributed by atoms with Crippen molar-refractivity contribution in [2.45, 2.75) is 89.7 Å². The molecule has 1 saturated heterocycles. The number of carboxylic acid groups (broad SMARTS) is 1. The molecule has 1 heterocycles. The van der Waals surface area contributed by atoms with E-state index in [4.69, 9.17) is 5.11 Å². The molecular weight excluding hydrogens is 308 g/mol. The molecular formula is C18H34N2O4. The number of nitrogens with one attached hydrogen (secondary N) is 1. The van der Waals surface area contributed by atoms with Crippen molar-refractivity contribution >= 4 is 12.0 Å². The fourth-order valence-corrected chi connectivity index (χ4v) is 3.12. The minimum absolute atomic E-state index is 0.0216. The lowest BCUT2D eigenvalue weighted by molar-refractivity contribution is -0.137. The van der Waals surface area contributed by atoms with Crippen LogP contribution < -0.4 is 5.32 Å². The molecule has 1 rings (SSSR count).